The molecule has 0 spiro atoms. The van der Waals surface area contributed by atoms with Crippen LogP contribution >= 0.6 is 0 Å². The van der Waals surface area contributed by atoms with Crippen molar-refractivity contribution in [2.24, 2.45) is 0 Å². The first-order chi connectivity index (χ1) is 6.00. The molecular formula is C10H21F3. The summed E-state index contributed by atoms with van der Waals surface area (Å²) in [7, 11) is 0. The predicted octanol–water partition coefficient (Wildman–Crippen LogP) is 4.94. The van der Waals surface area contributed by atoms with Crippen molar-refractivity contribution < 1.29 is 13.2 Å². The van der Waals surface area contributed by atoms with Crippen LogP contribution in [0, 0.1) is 0 Å². The highest BCUT2D eigenvalue weighted by molar-refractivity contribution is 4.51. The smallest absolute Gasteiger partial charge is 0.172 e. The van der Waals surface area contributed by atoms with Gasteiger partial charge in [-0.05, 0) is 0 Å². The molecule has 0 aromatic carbocycles. The topological polar surface area (TPSA) is 0 Å². The van der Waals surface area contributed by atoms with Crippen LogP contribution in [0.3, 0.4) is 0 Å². The number of hydrogen-bond acceptors (Lipinski definition) is 0. The van der Waals surface area contributed by atoms with Crippen molar-refractivity contribution in [3.05, 3.63) is 0 Å². The number of alkyl halides is 3. The first-order valence-electron chi connectivity index (χ1n) is 5.07. The maximum Gasteiger partial charge on any atom is 0.386 e. The average Bonchev–Trinajstić information content (AvgIpc) is 2.08. The van der Waals surface area contributed by atoms with E-state index < -0.39 is 6.18 Å². The second kappa shape index (κ2) is 9.87. The lowest BCUT2D eigenvalue weighted by atomic mass is 10.0. The van der Waals surface area contributed by atoms with Gasteiger partial charge in [-0.25, -0.2) is 0 Å². The maximum atomic E-state index is 10.4. The molecule has 13 heavy (non-hydrogen) atoms. The van der Waals surface area contributed by atoms with E-state index >= 15 is 0 Å². The van der Waals surface area contributed by atoms with Gasteiger partial charge >= 0.3 is 6.18 Å². The Morgan fingerprint density at radius 3 is 0.846 bits per heavy atom. The molecule has 0 N–H and O–H groups in total. The fourth-order valence-electron chi connectivity index (χ4n) is 1.06. The highest BCUT2D eigenvalue weighted by atomic mass is 19.4. The van der Waals surface area contributed by atoms with Crippen LogP contribution in [0.1, 0.15) is 59.3 Å². The molecule has 1 aliphatic carbocycles. The van der Waals surface area contributed by atoms with E-state index in [-0.39, 0.29) is 6.92 Å². The number of halogens is 3. The van der Waals surface area contributed by atoms with E-state index in [0.717, 1.165) is 0 Å². The molecule has 1 aliphatic rings. The van der Waals surface area contributed by atoms with Crippen LogP contribution in [-0.2, 0) is 0 Å². The van der Waals surface area contributed by atoms with Crippen molar-refractivity contribution in [1.82, 2.24) is 0 Å². The molecule has 0 nitrogen and oxygen atoms in total. The molecule has 0 unspecified atom stereocenters. The summed E-state index contributed by atoms with van der Waals surface area (Å²) in [5.41, 5.74) is 0. The third-order valence-corrected chi connectivity index (χ3v) is 1.50. The monoisotopic (exact) mass is 198 g/mol. The molecule has 0 atom stereocenters. The van der Waals surface area contributed by atoms with Crippen LogP contribution in [0.25, 0.3) is 0 Å². The quantitative estimate of drug-likeness (QED) is 0.517. The lowest BCUT2D eigenvalue weighted by Crippen LogP contribution is -1.95. The highest BCUT2D eigenvalue weighted by Crippen LogP contribution is 2.15. The Hall–Kier alpha value is -0.210. The van der Waals surface area contributed by atoms with Crippen molar-refractivity contribution in [2.75, 3.05) is 0 Å². The first kappa shape index (κ1) is 15.3. The zero-order valence-electron chi connectivity index (χ0n) is 8.88. The molecule has 82 valence electrons. The van der Waals surface area contributed by atoms with Gasteiger partial charge in [-0.1, -0.05) is 52.4 Å². The van der Waals surface area contributed by atoms with Gasteiger partial charge in [0.15, 0.2) is 0 Å². The van der Waals surface area contributed by atoms with E-state index in [9.17, 15) is 13.2 Å². The minimum Gasteiger partial charge on any atom is -0.172 e. The summed E-state index contributed by atoms with van der Waals surface area (Å²) in [5.74, 6) is 0. The molecule has 1 saturated carbocycles. The van der Waals surface area contributed by atoms with Crippen LogP contribution in [0.2, 0.25) is 0 Å². The SMILES string of the molecule is C1CCCCC1.CC.CC(F)(F)F. The summed E-state index contributed by atoms with van der Waals surface area (Å²) in [6.07, 6.45) is 5.00. The molecule has 0 aromatic rings. The molecule has 0 aromatic heterocycles. The zero-order chi connectivity index (χ0) is 10.7. The van der Waals surface area contributed by atoms with E-state index in [2.05, 4.69) is 0 Å². The summed E-state index contributed by atoms with van der Waals surface area (Å²) in [5, 5.41) is 0. The van der Waals surface area contributed by atoms with Crippen molar-refractivity contribution in [1.29, 1.82) is 0 Å². The molecule has 0 saturated heterocycles. The Labute approximate surface area is 79.5 Å². The Bertz CT molecular complexity index is 65.2. The van der Waals surface area contributed by atoms with E-state index in [0.29, 0.717) is 0 Å². The number of hydrogen-bond donors (Lipinski definition) is 0. The Balaban J connectivity index is 0. The summed E-state index contributed by atoms with van der Waals surface area (Å²) < 4.78 is 31.1. The predicted molar refractivity (Wildman–Crippen MR) is 50.8 cm³/mol. The van der Waals surface area contributed by atoms with Crippen molar-refractivity contribution in [3.8, 4) is 0 Å². The van der Waals surface area contributed by atoms with Gasteiger partial charge in [0.2, 0.25) is 0 Å². The third kappa shape index (κ3) is 33.7. The van der Waals surface area contributed by atoms with E-state index in [1.807, 2.05) is 13.8 Å². The van der Waals surface area contributed by atoms with Crippen molar-refractivity contribution in [3.63, 3.8) is 0 Å². The van der Waals surface area contributed by atoms with Crippen LogP contribution in [-0.4, -0.2) is 6.18 Å². The van der Waals surface area contributed by atoms with E-state index in [1.54, 1.807) is 0 Å². The molecule has 0 radical (unpaired) electrons. The molecule has 0 amide bonds. The summed E-state index contributed by atoms with van der Waals surface area (Å²) in [6, 6.07) is 0. The average molecular weight is 198 g/mol. The van der Waals surface area contributed by atoms with Gasteiger partial charge in [-0.15, -0.1) is 0 Å². The van der Waals surface area contributed by atoms with Gasteiger partial charge in [0.05, 0.1) is 0 Å². The highest BCUT2D eigenvalue weighted by Gasteiger charge is 2.15. The molecular weight excluding hydrogens is 177 g/mol. The lowest BCUT2D eigenvalue weighted by molar-refractivity contribution is -0.110. The van der Waals surface area contributed by atoms with Crippen LogP contribution in [0.5, 0.6) is 0 Å². The third-order valence-electron chi connectivity index (χ3n) is 1.50. The summed E-state index contributed by atoms with van der Waals surface area (Å²) in [6.45, 7) is 4.19. The molecule has 0 heterocycles. The second-order valence-electron chi connectivity index (χ2n) is 2.90. The van der Waals surface area contributed by atoms with Crippen molar-refractivity contribution >= 4 is 0 Å². The molecule has 3 heteroatoms. The molecule has 1 fully saturated rings. The standard InChI is InChI=1S/C6H12.C2H3F3.C2H6/c1-2-4-6-5-3-1;1-2(3,4)5;1-2/h1-6H2;1H3;1-2H3. The maximum absolute atomic E-state index is 10.4. The van der Waals surface area contributed by atoms with Gasteiger partial charge in [0.1, 0.15) is 0 Å². The van der Waals surface area contributed by atoms with Gasteiger partial charge < -0.3 is 0 Å². The number of rotatable bonds is 0. The van der Waals surface area contributed by atoms with Gasteiger partial charge in [0, 0.05) is 6.92 Å². The largest absolute Gasteiger partial charge is 0.386 e. The van der Waals surface area contributed by atoms with Crippen molar-refractivity contribution in [2.45, 2.75) is 65.5 Å². The fraction of sp³-hybridized carbons (Fsp3) is 1.00. The van der Waals surface area contributed by atoms with E-state index in [4.69, 9.17) is 0 Å². The molecule has 0 aliphatic heterocycles. The van der Waals surface area contributed by atoms with Crippen LogP contribution in [0.4, 0.5) is 13.2 Å². The fourth-order valence-corrected chi connectivity index (χ4v) is 1.06. The van der Waals surface area contributed by atoms with Gasteiger partial charge in [-0.3, -0.25) is 0 Å². The van der Waals surface area contributed by atoms with Crippen LogP contribution in [0.15, 0.2) is 0 Å². The second-order valence-corrected chi connectivity index (χ2v) is 2.90. The normalized spacial score (nSPS) is 16.2. The molecule has 0 bridgehead atoms. The minimum atomic E-state index is -4.00. The van der Waals surface area contributed by atoms with Gasteiger partial charge in [0.25, 0.3) is 0 Å². The summed E-state index contributed by atoms with van der Waals surface area (Å²) >= 11 is 0. The van der Waals surface area contributed by atoms with Crippen LogP contribution < -0.4 is 0 Å². The zero-order valence-corrected chi connectivity index (χ0v) is 8.88. The Kier molecular flexibility index (Phi) is 11.6. The summed E-state index contributed by atoms with van der Waals surface area (Å²) in [4.78, 5) is 0. The molecule has 1 rings (SSSR count). The Morgan fingerprint density at radius 1 is 0.692 bits per heavy atom. The minimum absolute atomic E-state index is 0.188. The van der Waals surface area contributed by atoms with E-state index in [1.165, 1.54) is 38.5 Å². The first-order valence-corrected chi connectivity index (χ1v) is 5.07. The lowest BCUT2D eigenvalue weighted by Gasteiger charge is -2.05. The van der Waals surface area contributed by atoms with Gasteiger partial charge in [-0.2, -0.15) is 13.2 Å². The Morgan fingerprint density at radius 2 is 0.769 bits per heavy atom.